The summed E-state index contributed by atoms with van der Waals surface area (Å²) in [5, 5.41) is 4.25. The van der Waals surface area contributed by atoms with Gasteiger partial charge in [-0.1, -0.05) is 24.9 Å². The van der Waals surface area contributed by atoms with E-state index in [1.807, 2.05) is 0 Å². The first-order valence-corrected chi connectivity index (χ1v) is 8.44. The highest BCUT2D eigenvalue weighted by molar-refractivity contribution is 6.31. The summed E-state index contributed by atoms with van der Waals surface area (Å²) in [6, 6.07) is 2.85. The maximum absolute atomic E-state index is 6.31. The summed E-state index contributed by atoms with van der Waals surface area (Å²) in [4.78, 5) is 7.02. The maximum Gasteiger partial charge on any atom is 0.129 e. The molecule has 1 aromatic rings. The zero-order chi connectivity index (χ0) is 15.5. The lowest BCUT2D eigenvalue weighted by atomic mass is 10.1. The third-order valence-corrected chi connectivity index (χ3v) is 4.10. The molecule has 2 rings (SSSR count). The number of hydrogen-bond donors (Lipinski definition) is 1. The minimum Gasteiger partial charge on any atom is -0.354 e. The average Bonchev–Trinajstić information content (AvgIpc) is 3.23. The molecule has 1 heterocycles. The van der Waals surface area contributed by atoms with Crippen LogP contribution in [0.1, 0.15) is 58.9 Å². The lowest BCUT2D eigenvalue weighted by Crippen LogP contribution is -2.35. The highest BCUT2D eigenvalue weighted by Gasteiger charge is 2.29. The van der Waals surface area contributed by atoms with Crippen molar-refractivity contribution < 1.29 is 0 Å². The first-order chi connectivity index (χ1) is 9.90. The van der Waals surface area contributed by atoms with Gasteiger partial charge in [0, 0.05) is 30.9 Å². The van der Waals surface area contributed by atoms with Crippen molar-refractivity contribution in [2.75, 3.05) is 11.4 Å². The predicted octanol–water partition coefficient (Wildman–Crippen LogP) is 4.39. The summed E-state index contributed by atoms with van der Waals surface area (Å²) in [6.07, 6.45) is 6.83. The Morgan fingerprint density at radius 2 is 2.10 bits per heavy atom. The van der Waals surface area contributed by atoms with Crippen LogP contribution in [0.3, 0.4) is 0 Å². The number of unbranched alkanes of at least 4 members (excludes halogenated alkanes) is 1. The van der Waals surface area contributed by atoms with Crippen molar-refractivity contribution in [2.45, 2.75) is 71.5 Å². The summed E-state index contributed by atoms with van der Waals surface area (Å²) >= 11 is 6.31. The molecule has 0 atom stereocenters. The van der Waals surface area contributed by atoms with E-state index in [2.05, 4.69) is 49.0 Å². The number of rotatable bonds is 7. The Morgan fingerprint density at radius 1 is 1.38 bits per heavy atom. The molecule has 1 aromatic heterocycles. The van der Waals surface area contributed by atoms with Crippen LogP contribution in [0.15, 0.2) is 12.3 Å². The summed E-state index contributed by atoms with van der Waals surface area (Å²) in [6.45, 7) is 10.6. The minimum absolute atomic E-state index is 0.0884. The van der Waals surface area contributed by atoms with Crippen LogP contribution >= 0.6 is 11.6 Å². The second-order valence-electron chi connectivity index (χ2n) is 7.02. The number of halogens is 1. The molecule has 1 fully saturated rings. The van der Waals surface area contributed by atoms with E-state index in [0.29, 0.717) is 6.04 Å². The molecule has 0 unspecified atom stereocenters. The molecular formula is C17H28ClN3. The Balaban J connectivity index is 2.12. The van der Waals surface area contributed by atoms with Gasteiger partial charge in [0.25, 0.3) is 0 Å². The molecule has 0 aromatic carbocycles. The van der Waals surface area contributed by atoms with Crippen molar-refractivity contribution in [1.82, 2.24) is 10.3 Å². The van der Waals surface area contributed by atoms with Crippen molar-refractivity contribution >= 4 is 17.4 Å². The van der Waals surface area contributed by atoms with Crippen LogP contribution in [-0.4, -0.2) is 23.1 Å². The zero-order valence-electron chi connectivity index (χ0n) is 13.7. The van der Waals surface area contributed by atoms with Crippen LogP contribution in [0.5, 0.6) is 0 Å². The molecule has 0 saturated heterocycles. The molecule has 0 aliphatic heterocycles. The van der Waals surface area contributed by atoms with Gasteiger partial charge in [-0.05, 0) is 51.7 Å². The molecule has 1 aliphatic carbocycles. The Kier molecular flexibility index (Phi) is 5.50. The van der Waals surface area contributed by atoms with Crippen molar-refractivity contribution in [1.29, 1.82) is 0 Å². The van der Waals surface area contributed by atoms with E-state index in [1.54, 1.807) is 6.20 Å². The minimum atomic E-state index is 0.0884. The van der Waals surface area contributed by atoms with Gasteiger partial charge in [-0.25, -0.2) is 4.98 Å². The molecule has 21 heavy (non-hydrogen) atoms. The highest BCUT2D eigenvalue weighted by atomic mass is 35.5. The number of pyridine rings is 1. The summed E-state index contributed by atoms with van der Waals surface area (Å²) in [5.74, 6) is 1.08. The Morgan fingerprint density at radius 3 is 2.67 bits per heavy atom. The monoisotopic (exact) mass is 309 g/mol. The van der Waals surface area contributed by atoms with Gasteiger partial charge in [0.2, 0.25) is 0 Å². The SMILES string of the molecule is CCCCN(c1cc(CNC(C)(C)C)c(Cl)cn1)C1CC1. The van der Waals surface area contributed by atoms with Crippen molar-refractivity contribution in [2.24, 2.45) is 0 Å². The van der Waals surface area contributed by atoms with E-state index in [1.165, 1.54) is 25.7 Å². The van der Waals surface area contributed by atoms with Crippen molar-refractivity contribution in [3.8, 4) is 0 Å². The summed E-state index contributed by atoms with van der Waals surface area (Å²) in [5.41, 5.74) is 1.23. The molecule has 0 amide bonds. The quantitative estimate of drug-likeness (QED) is 0.809. The third-order valence-electron chi connectivity index (χ3n) is 3.76. The maximum atomic E-state index is 6.31. The standard InChI is InChI=1S/C17H28ClN3/c1-5-6-9-21(14-7-8-14)16-10-13(15(18)12-19-16)11-20-17(2,3)4/h10,12,14,20H,5-9,11H2,1-4H3. The number of nitrogens with zero attached hydrogens (tertiary/aromatic N) is 2. The second-order valence-corrected chi connectivity index (χ2v) is 7.42. The smallest absolute Gasteiger partial charge is 0.129 e. The molecule has 1 aliphatic rings. The molecule has 0 radical (unpaired) electrons. The fourth-order valence-electron chi connectivity index (χ4n) is 2.32. The fourth-order valence-corrected chi connectivity index (χ4v) is 2.49. The molecule has 1 N–H and O–H groups in total. The molecule has 3 nitrogen and oxygen atoms in total. The molecule has 4 heteroatoms. The van der Waals surface area contributed by atoms with Gasteiger partial charge in [-0.15, -0.1) is 0 Å². The van der Waals surface area contributed by atoms with Gasteiger partial charge in [-0.3, -0.25) is 0 Å². The Hall–Kier alpha value is -0.800. The van der Waals surface area contributed by atoms with Gasteiger partial charge < -0.3 is 10.2 Å². The predicted molar refractivity (Wildman–Crippen MR) is 91.1 cm³/mol. The van der Waals surface area contributed by atoms with Gasteiger partial charge >= 0.3 is 0 Å². The lowest BCUT2D eigenvalue weighted by molar-refractivity contribution is 0.424. The molecule has 118 valence electrons. The van der Waals surface area contributed by atoms with Gasteiger partial charge in [0.1, 0.15) is 5.82 Å². The van der Waals surface area contributed by atoms with E-state index in [-0.39, 0.29) is 5.54 Å². The van der Waals surface area contributed by atoms with E-state index in [9.17, 15) is 0 Å². The fraction of sp³-hybridized carbons (Fsp3) is 0.706. The normalized spacial score (nSPS) is 15.3. The largest absolute Gasteiger partial charge is 0.354 e. The van der Waals surface area contributed by atoms with Crippen LogP contribution in [0.2, 0.25) is 5.02 Å². The number of nitrogens with one attached hydrogen (secondary N) is 1. The molecule has 1 saturated carbocycles. The topological polar surface area (TPSA) is 28.2 Å². The number of anilines is 1. The second kappa shape index (κ2) is 6.97. The van der Waals surface area contributed by atoms with Crippen LogP contribution in [0.4, 0.5) is 5.82 Å². The number of aromatic nitrogens is 1. The Labute approximate surface area is 134 Å². The number of hydrogen-bond acceptors (Lipinski definition) is 3. The van der Waals surface area contributed by atoms with Crippen LogP contribution < -0.4 is 10.2 Å². The van der Waals surface area contributed by atoms with Gasteiger partial charge in [0.15, 0.2) is 0 Å². The molecule has 0 bridgehead atoms. The average molecular weight is 310 g/mol. The first kappa shape index (κ1) is 16.6. The van der Waals surface area contributed by atoms with Crippen LogP contribution in [-0.2, 0) is 6.54 Å². The van der Waals surface area contributed by atoms with E-state index >= 15 is 0 Å². The highest BCUT2D eigenvalue weighted by Crippen LogP contribution is 2.32. The first-order valence-electron chi connectivity index (χ1n) is 8.07. The van der Waals surface area contributed by atoms with E-state index in [4.69, 9.17) is 11.6 Å². The van der Waals surface area contributed by atoms with Crippen molar-refractivity contribution in [3.05, 3.63) is 22.8 Å². The van der Waals surface area contributed by atoms with E-state index < -0.39 is 0 Å². The Bertz CT molecular complexity index is 464. The third kappa shape index (κ3) is 5.15. The lowest BCUT2D eigenvalue weighted by Gasteiger charge is -2.25. The zero-order valence-corrected chi connectivity index (χ0v) is 14.5. The molecular weight excluding hydrogens is 282 g/mol. The summed E-state index contributed by atoms with van der Waals surface area (Å²) < 4.78 is 0. The summed E-state index contributed by atoms with van der Waals surface area (Å²) in [7, 11) is 0. The van der Waals surface area contributed by atoms with Crippen molar-refractivity contribution in [3.63, 3.8) is 0 Å². The molecule has 0 spiro atoms. The van der Waals surface area contributed by atoms with E-state index in [0.717, 1.165) is 29.5 Å². The van der Waals surface area contributed by atoms with Crippen LogP contribution in [0, 0.1) is 0 Å². The van der Waals surface area contributed by atoms with Gasteiger partial charge in [-0.2, -0.15) is 0 Å². The van der Waals surface area contributed by atoms with Crippen LogP contribution in [0.25, 0.3) is 0 Å². The van der Waals surface area contributed by atoms with Gasteiger partial charge in [0.05, 0.1) is 5.02 Å².